The molecule has 0 amide bonds. The van der Waals surface area contributed by atoms with Gasteiger partial charge in [0.15, 0.2) is 0 Å². The molecule has 0 saturated heterocycles. The van der Waals surface area contributed by atoms with Crippen LogP contribution in [0.2, 0.25) is 0 Å². The molecule has 4 heteroatoms. The van der Waals surface area contributed by atoms with Crippen LogP contribution < -0.4 is 0 Å². The Morgan fingerprint density at radius 3 is 2.29 bits per heavy atom. The van der Waals surface area contributed by atoms with Crippen molar-refractivity contribution in [3.05, 3.63) is 34.9 Å². The van der Waals surface area contributed by atoms with Gasteiger partial charge in [0.2, 0.25) is 0 Å². The molecule has 0 heterocycles. The zero-order valence-electron chi connectivity index (χ0n) is 7.82. The highest BCUT2D eigenvalue weighted by Gasteiger charge is 2.33. The van der Waals surface area contributed by atoms with E-state index in [2.05, 4.69) is 15.9 Å². The molecule has 0 saturated carbocycles. The first-order valence-corrected chi connectivity index (χ1v) is 5.06. The van der Waals surface area contributed by atoms with Crippen LogP contribution in [0.1, 0.15) is 28.4 Å². The van der Waals surface area contributed by atoms with Gasteiger partial charge in [-0.2, -0.15) is 13.2 Å². The summed E-state index contributed by atoms with van der Waals surface area (Å²) in [6.07, 6.45) is -4.26. The minimum absolute atomic E-state index is 0.0650. The van der Waals surface area contributed by atoms with E-state index >= 15 is 0 Å². The average Bonchev–Trinajstić information content (AvgIpc) is 2.01. The second kappa shape index (κ2) is 3.93. The van der Waals surface area contributed by atoms with Crippen molar-refractivity contribution < 1.29 is 13.2 Å². The third-order valence-corrected chi connectivity index (χ3v) is 2.60. The van der Waals surface area contributed by atoms with Crippen molar-refractivity contribution in [2.45, 2.75) is 24.9 Å². The topological polar surface area (TPSA) is 0 Å². The van der Waals surface area contributed by atoms with Crippen molar-refractivity contribution in [3.8, 4) is 0 Å². The van der Waals surface area contributed by atoms with Crippen LogP contribution in [0.4, 0.5) is 13.2 Å². The Labute approximate surface area is 89.3 Å². The maximum atomic E-state index is 12.5. The van der Waals surface area contributed by atoms with Gasteiger partial charge in [0, 0.05) is 4.83 Å². The molecule has 0 aliphatic carbocycles. The number of hydrogen-bond donors (Lipinski definition) is 0. The summed E-state index contributed by atoms with van der Waals surface area (Å²) in [6, 6.07) is 4.24. The molecule has 1 unspecified atom stereocenters. The van der Waals surface area contributed by atoms with Crippen LogP contribution in [-0.4, -0.2) is 0 Å². The third kappa shape index (κ3) is 2.29. The molecule has 78 valence electrons. The second-order valence-corrected chi connectivity index (χ2v) is 4.51. The van der Waals surface area contributed by atoms with E-state index in [1.54, 1.807) is 6.07 Å². The van der Waals surface area contributed by atoms with Crippen LogP contribution in [0.5, 0.6) is 0 Å². The van der Waals surface area contributed by atoms with E-state index in [9.17, 15) is 13.2 Å². The van der Waals surface area contributed by atoms with Crippen molar-refractivity contribution in [2.75, 3.05) is 0 Å². The summed E-state index contributed by atoms with van der Waals surface area (Å²) >= 11 is 3.27. The lowest BCUT2D eigenvalue weighted by Gasteiger charge is -2.14. The quantitative estimate of drug-likeness (QED) is 0.658. The van der Waals surface area contributed by atoms with Gasteiger partial charge in [0.05, 0.1) is 5.56 Å². The minimum atomic E-state index is -4.26. The number of rotatable bonds is 1. The van der Waals surface area contributed by atoms with Gasteiger partial charge in [-0.15, -0.1) is 0 Å². The van der Waals surface area contributed by atoms with E-state index in [0.717, 1.165) is 6.07 Å². The van der Waals surface area contributed by atoms with Crippen LogP contribution >= 0.6 is 15.9 Å². The normalized spacial score (nSPS) is 14.1. The van der Waals surface area contributed by atoms with Gasteiger partial charge < -0.3 is 0 Å². The predicted octanol–water partition coefficient (Wildman–Crippen LogP) is 4.47. The van der Waals surface area contributed by atoms with Crippen molar-refractivity contribution >= 4 is 15.9 Å². The lowest BCUT2D eigenvalue weighted by Crippen LogP contribution is -2.09. The Morgan fingerprint density at radius 2 is 1.86 bits per heavy atom. The van der Waals surface area contributed by atoms with Crippen LogP contribution in [0.25, 0.3) is 0 Å². The number of alkyl halides is 4. The summed E-state index contributed by atoms with van der Waals surface area (Å²) in [5, 5.41) is 0. The van der Waals surface area contributed by atoms with E-state index in [0.29, 0.717) is 11.1 Å². The highest BCUT2D eigenvalue weighted by molar-refractivity contribution is 9.09. The summed E-state index contributed by atoms with van der Waals surface area (Å²) < 4.78 is 37.4. The van der Waals surface area contributed by atoms with E-state index in [-0.39, 0.29) is 4.83 Å². The highest BCUT2D eigenvalue weighted by Crippen LogP contribution is 2.35. The van der Waals surface area contributed by atoms with E-state index in [1.165, 1.54) is 13.0 Å². The summed E-state index contributed by atoms with van der Waals surface area (Å²) in [5.74, 6) is 0. The first-order valence-electron chi connectivity index (χ1n) is 4.15. The fourth-order valence-corrected chi connectivity index (χ4v) is 1.89. The lowest BCUT2D eigenvalue weighted by atomic mass is 10.0. The molecular weight excluding hydrogens is 257 g/mol. The van der Waals surface area contributed by atoms with Gasteiger partial charge in [-0.1, -0.05) is 28.1 Å². The van der Waals surface area contributed by atoms with Crippen LogP contribution in [0.3, 0.4) is 0 Å². The van der Waals surface area contributed by atoms with Gasteiger partial charge in [-0.3, -0.25) is 0 Å². The summed E-state index contributed by atoms with van der Waals surface area (Å²) in [4.78, 5) is -0.0650. The third-order valence-electron chi connectivity index (χ3n) is 2.11. The SMILES string of the molecule is Cc1c(C(C)Br)cccc1C(F)(F)F. The summed E-state index contributed by atoms with van der Waals surface area (Å²) in [5.41, 5.74) is 0.422. The van der Waals surface area contributed by atoms with Crippen molar-refractivity contribution in [3.63, 3.8) is 0 Å². The second-order valence-electron chi connectivity index (χ2n) is 3.13. The average molecular weight is 267 g/mol. The van der Waals surface area contributed by atoms with Crippen LogP contribution in [0.15, 0.2) is 18.2 Å². The number of benzene rings is 1. The molecule has 0 aliphatic rings. The fraction of sp³-hybridized carbons (Fsp3) is 0.400. The first-order chi connectivity index (χ1) is 6.34. The molecule has 0 spiro atoms. The molecule has 0 radical (unpaired) electrons. The summed E-state index contributed by atoms with van der Waals surface area (Å²) in [7, 11) is 0. The maximum Gasteiger partial charge on any atom is 0.416 e. The Hall–Kier alpha value is -0.510. The highest BCUT2D eigenvalue weighted by atomic mass is 79.9. The van der Waals surface area contributed by atoms with Gasteiger partial charge in [0.1, 0.15) is 0 Å². The lowest BCUT2D eigenvalue weighted by molar-refractivity contribution is -0.138. The largest absolute Gasteiger partial charge is 0.416 e. The molecule has 0 aromatic heterocycles. The standard InChI is InChI=1S/C10H10BrF3/c1-6-8(7(2)11)4-3-5-9(6)10(12,13)14/h3-5,7H,1-2H3. The monoisotopic (exact) mass is 266 g/mol. The molecule has 1 rings (SSSR count). The molecular formula is C10H10BrF3. The minimum Gasteiger partial charge on any atom is -0.166 e. The zero-order chi connectivity index (χ0) is 10.9. The van der Waals surface area contributed by atoms with Crippen LogP contribution in [0, 0.1) is 6.92 Å². The van der Waals surface area contributed by atoms with E-state index < -0.39 is 11.7 Å². The molecule has 1 aromatic carbocycles. The van der Waals surface area contributed by atoms with Crippen molar-refractivity contribution in [1.29, 1.82) is 0 Å². The maximum absolute atomic E-state index is 12.5. The molecule has 1 atom stereocenters. The molecule has 0 aliphatic heterocycles. The number of halogens is 4. The predicted molar refractivity (Wildman–Crippen MR) is 53.5 cm³/mol. The smallest absolute Gasteiger partial charge is 0.166 e. The van der Waals surface area contributed by atoms with Crippen LogP contribution in [-0.2, 0) is 6.18 Å². The fourth-order valence-electron chi connectivity index (χ4n) is 1.39. The molecule has 14 heavy (non-hydrogen) atoms. The van der Waals surface area contributed by atoms with Gasteiger partial charge >= 0.3 is 6.18 Å². The van der Waals surface area contributed by atoms with Crippen molar-refractivity contribution in [2.24, 2.45) is 0 Å². The molecule has 0 N–H and O–H groups in total. The number of hydrogen-bond acceptors (Lipinski definition) is 0. The molecule has 0 nitrogen and oxygen atoms in total. The molecule has 1 aromatic rings. The van der Waals surface area contributed by atoms with Crippen molar-refractivity contribution in [1.82, 2.24) is 0 Å². The van der Waals surface area contributed by atoms with E-state index in [4.69, 9.17) is 0 Å². The van der Waals surface area contributed by atoms with E-state index in [1.807, 2.05) is 6.92 Å². The Morgan fingerprint density at radius 1 is 1.29 bits per heavy atom. The summed E-state index contributed by atoms with van der Waals surface area (Å²) in [6.45, 7) is 3.30. The Bertz CT molecular complexity index is 329. The molecule has 0 fully saturated rings. The van der Waals surface area contributed by atoms with Gasteiger partial charge in [0.25, 0.3) is 0 Å². The van der Waals surface area contributed by atoms with Gasteiger partial charge in [-0.25, -0.2) is 0 Å². The Balaban J connectivity index is 3.28. The first kappa shape index (κ1) is 11.6. The van der Waals surface area contributed by atoms with Gasteiger partial charge in [-0.05, 0) is 31.0 Å². The molecule has 0 bridgehead atoms. The zero-order valence-corrected chi connectivity index (χ0v) is 9.41. The Kier molecular flexibility index (Phi) is 3.24.